The molecular weight excluding hydrogens is 300 g/mol. The average molecular weight is 324 g/mol. The van der Waals surface area contributed by atoms with Crippen molar-refractivity contribution >= 4 is 21.4 Å². The Bertz CT molecular complexity index is 655. The second-order valence-corrected chi connectivity index (χ2v) is 8.11. The van der Waals surface area contributed by atoms with Crippen molar-refractivity contribution in [1.29, 1.82) is 0 Å². The summed E-state index contributed by atoms with van der Waals surface area (Å²) in [7, 11) is -1.28. The molecule has 0 spiro atoms. The van der Waals surface area contributed by atoms with Crippen LogP contribution in [-0.4, -0.2) is 50.4 Å². The molecular formula is C16H24N2O3S. The zero-order chi connectivity index (χ0) is 16.3. The van der Waals surface area contributed by atoms with Gasteiger partial charge in [-0.25, -0.2) is 8.42 Å². The molecule has 0 saturated carbocycles. The zero-order valence-electron chi connectivity index (χ0n) is 13.4. The molecule has 1 atom stereocenters. The topological polar surface area (TPSA) is 66.5 Å². The fourth-order valence-corrected chi connectivity index (χ4v) is 4.62. The highest BCUT2D eigenvalue weighted by Gasteiger charge is 2.32. The predicted octanol–water partition coefficient (Wildman–Crippen LogP) is 1.61. The molecule has 5 nitrogen and oxygen atoms in total. The average Bonchev–Trinajstić information content (AvgIpc) is 2.84. The monoisotopic (exact) mass is 324 g/mol. The first-order chi connectivity index (χ1) is 10.3. The molecule has 0 aliphatic carbocycles. The highest BCUT2D eigenvalue weighted by atomic mass is 32.2. The summed E-state index contributed by atoms with van der Waals surface area (Å²) in [5.41, 5.74) is 3.29. The van der Waals surface area contributed by atoms with Crippen LogP contribution in [0.25, 0.3) is 0 Å². The van der Waals surface area contributed by atoms with Crippen molar-refractivity contribution < 1.29 is 13.2 Å². The van der Waals surface area contributed by atoms with Crippen LogP contribution >= 0.6 is 0 Å². The number of hydrogen-bond donors (Lipinski definition) is 1. The number of para-hydroxylation sites is 1. The quantitative estimate of drug-likeness (QED) is 0.894. The maximum atomic E-state index is 12.3. The van der Waals surface area contributed by atoms with Gasteiger partial charge in [0.25, 0.3) is 0 Å². The van der Waals surface area contributed by atoms with Gasteiger partial charge >= 0.3 is 0 Å². The molecule has 122 valence electrons. The molecule has 2 rings (SSSR count). The summed E-state index contributed by atoms with van der Waals surface area (Å²) in [5, 5.41) is 3.22. The summed E-state index contributed by atoms with van der Waals surface area (Å²) < 4.78 is 23.0. The first kappa shape index (κ1) is 16.8. The Balaban J connectivity index is 1.99. The highest BCUT2D eigenvalue weighted by molar-refractivity contribution is 7.91. The van der Waals surface area contributed by atoms with Crippen LogP contribution in [0.15, 0.2) is 18.2 Å². The molecule has 1 saturated heterocycles. The molecule has 1 unspecified atom stereocenters. The van der Waals surface area contributed by atoms with Gasteiger partial charge in [0, 0.05) is 18.8 Å². The minimum Gasteiger partial charge on any atom is -0.376 e. The Labute approximate surface area is 132 Å². The van der Waals surface area contributed by atoms with E-state index in [9.17, 15) is 13.2 Å². The predicted molar refractivity (Wildman–Crippen MR) is 88.9 cm³/mol. The molecule has 0 aromatic heterocycles. The first-order valence-electron chi connectivity index (χ1n) is 7.62. The molecule has 1 aliphatic heterocycles. The number of anilines is 1. The van der Waals surface area contributed by atoms with Gasteiger partial charge in [0.2, 0.25) is 5.91 Å². The standard InChI is InChI=1S/C16H24N2O3S/c1-4-13-7-5-6-12(2)16(13)17-10-15(19)18(3)14-8-9-22(20,21)11-14/h5-7,14,17H,4,8-11H2,1-3H3. The van der Waals surface area contributed by atoms with Gasteiger partial charge in [-0.1, -0.05) is 25.1 Å². The lowest BCUT2D eigenvalue weighted by Crippen LogP contribution is -2.41. The van der Waals surface area contributed by atoms with Crippen molar-refractivity contribution in [2.75, 3.05) is 30.4 Å². The summed E-state index contributed by atoms with van der Waals surface area (Å²) in [5.74, 6) is 0.188. The van der Waals surface area contributed by atoms with Crippen LogP contribution in [0.4, 0.5) is 5.69 Å². The van der Waals surface area contributed by atoms with Crippen LogP contribution in [0, 0.1) is 6.92 Å². The SMILES string of the molecule is CCc1cccc(C)c1NCC(=O)N(C)C1CCS(=O)(=O)C1. The maximum absolute atomic E-state index is 12.3. The van der Waals surface area contributed by atoms with E-state index < -0.39 is 9.84 Å². The summed E-state index contributed by atoms with van der Waals surface area (Å²) in [4.78, 5) is 13.9. The second-order valence-electron chi connectivity index (χ2n) is 5.88. The van der Waals surface area contributed by atoms with Crippen molar-refractivity contribution in [3.63, 3.8) is 0 Å². The van der Waals surface area contributed by atoms with Crippen LogP contribution in [0.5, 0.6) is 0 Å². The summed E-state index contributed by atoms with van der Waals surface area (Å²) in [6.07, 6.45) is 1.43. The van der Waals surface area contributed by atoms with Gasteiger partial charge in [0.05, 0.1) is 18.1 Å². The lowest BCUT2D eigenvalue weighted by molar-refractivity contribution is -0.129. The summed E-state index contributed by atoms with van der Waals surface area (Å²) in [6, 6.07) is 5.88. The number of amides is 1. The number of carbonyl (C=O) groups is 1. The summed E-state index contributed by atoms with van der Waals surface area (Å²) >= 11 is 0. The Hall–Kier alpha value is -1.56. The molecule has 1 aromatic rings. The van der Waals surface area contributed by atoms with Crippen molar-refractivity contribution in [3.05, 3.63) is 29.3 Å². The molecule has 22 heavy (non-hydrogen) atoms. The van der Waals surface area contributed by atoms with Crippen LogP contribution in [0.2, 0.25) is 0 Å². The third-order valence-corrected chi connectivity index (χ3v) is 6.06. The molecule has 1 fully saturated rings. The van der Waals surface area contributed by atoms with Gasteiger partial charge in [0.15, 0.2) is 9.84 Å². The maximum Gasteiger partial charge on any atom is 0.241 e. The number of hydrogen-bond acceptors (Lipinski definition) is 4. The molecule has 1 aromatic carbocycles. The Morgan fingerprint density at radius 3 is 2.73 bits per heavy atom. The molecule has 1 aliphatic rings. The third-order valence-electron chi connectivity index (χ3n) is 4.31. The molecule has 0 radical (unpaired) electrons. The largest absolute Gasteiger partial charge is 0.376 e. The molecule has 1 heterocycles. The van der Waals surface area contributed by atoms with E-state index >= 15 is 0 Å². The fourth-order valence-electron chi connectivity index (χ4n) is 2.85. The van der Waals surface area contributed by atoms with E-state index in [1.165, 1.54) is 5.56 Å². The van der Waals surface area contributed by atoms with E-state index in [2.05, 4.69) is 12.2 Å². The number of sulfone groups is 1. The van der Waals surface area contributed by atoms with Crippen LogP contribution < -0.4 is 5.32 Å². The second kappa shape index (κ2) is 6.69. The number of rotatable bonds is 5. The van der Waals surface area contributed by atoms with Gasteiger partial charge < -0.3 is 10.2 Å². The Kier molecular flexibility index (Phi) is 5.11. The number of benzene rings is 1. The van der Waals surface area contributed by atoms with E-state index in [0.29, 0.717) is 6.42 Å². The third kappa shape index (κ3) is 3.80. The van der Waals surface area contributed by atoms with Crippen molar-refractivity contribution in [1.82, 2.24) is 4.90 Å². The Morgan fingerprint density at radius 2 is 2.14 bits per heavy atom. The number of nitrogens with zero attached hydrogens (tertiary/aromatic N) is 1. The van der Waals surface area contributed by atoms with E-state index in [-0.39, 0.29) is 30.0 Å². The first-order valence-corrected chi connectivity index (χ1v) is 9.44. The van der Waals surface area contributed by atoms with Gasteiger partial charge in [-0.2, -0.15) is 0 Å². The molecule has 6 heteroatoms. The smallest absolute Gasteiger partial charge is 0.241 e. The normalized spacial score (nSPS) is 19.9. The van der Waals surface area contributed by atoms with Crippen molar-refractivity contribution in [3.8, 4) is 0 Å². The number of aryl methyl sites for hydroxylation is 2. The van der Waals surface area contributed by atoms with E-state index in [0.717, 1.165) is 17.7 Å². The molecule has 1 N–H and O–H groups in total. The lowest BCUT2D eigenvalue weighted by Gasteiger charge is -2.24. The minimum atomic E-state index is -2.97. The van der Waals surface area contributed by atoms with E-state index in [1.807, 2.05) is 25.1 Å². The minimum absolute atomic E-state index is 0.0765. The van der Waals surface area contributed by atoms with Crippen molar-refractivity contribution in [2.45, 2.75) is 32.7 Å². The molecule has 0 bridgehead atoms. The van der Waals surface area contributed by atoms with Crippen molar-refractivity contribution in [2.24, 2.45) is 0 Å². The van der Waals surface area contributed by atoms with Gasteiger partial charge in [0.1, 0.15) is 0 Å². The lowest BCUT2D eigenvalue weighted by atomic mass is 10.1. The van der Waals surface area contributed by atoms with Gasteiger partial charge in [-0.15, -0.1) is 0 Å². The van der Waals surface area contributed by atoms with Gasteiger partial charge in [-0.05, 0) is 30.9 Å². The number of carbonyl (C=O) groups excluding carboxylic acids is 1. The highest BCUT2D eigenvalue weighted by Crippen LogP contribution is 2.21. The zero-order valence-corrected chi connectivity index (χ0v) is 14.2. The Morgan fingerprint density at radius 1 is 1.41 bits per heavy atom. The van der Waals surface area contributed by atoms with Gasteiger partial charge in [-0.3, -0.25) is 4.79 Å². The summed E-state index contributed by atoms with van der Waals surface area (Å²) in [6.45, 7) is 4.28. The number of likely N-dealkylation sites (N-methyl/N-ethyl adjacent to an activating group) is 1. The van der Waals surface area contributed by atoms with E-state index in [4.69, 9.17) is 0 Å². The fraction of sp³-hybridized carbons (Fsp3) is 0.562. The number of nitrogens with one attached hydrogen (secondary N) is 1. The van der Waals surface area contributed by atoms with Crippen LogP contribution in [0.3, 0.4) is 0 Å². The van der Waals surface area contributed by atoms with E-state index in [1.54, 1.807) is 11.9 Å². The molecule has 1 amide bonds. The van der Waals surface area contributed by atoms with Crippen LogP contribution in [0.1, 0.15) is 24.5 Å². The van der Waals surface area contributed by atoms with Crippen LogP contribution in [-0.2, 0) is 21.1 Å².